The van der Waals surface area contributed by atoms with Crippen molar-refractivity contribution in [1.82, 2.24) is 0 Å². The Hall–Kier alpha value is -2.95. The summed E-state index contributed by atoms with van der Waals surface area (Å²) in [5.41, 5.74) is 1.17. The van der Waals surface area contributed by atoms with Gasteiger partial charge in [0.15, 0.2) is 11.5 Å². The van der Waals surface area contributed by atoms with Crippen molar-refractivity contribution in [3.05, 3.63) is 52.4 Å². The van der Waals surface area contributed by atoms with Crippen LogP contribution in [0.2, 0.25) is 0 Å². The Morgan fingerprint density at radius 1 is 0.875 bits per heavy atom. The highest BCUT2D eigenvalue weighted by atomic mass is 16.5. The van der Waals surface area contributed by atoms with E-state index in [4.69, 9.17) is 18.6 Å². The lowest BCUT2D eigenvalue weighted by atomic mass is 10.0. The van der Waals surface area contributed by atoms with Crippen molar-refractivity contribution >= 4 is 10.8 Å². The molecule has 0 bridgehead atoms. The number of aryl methyl sites for hydroxylation is 1. The SMILES string of the molecule is COc1ccc(-c2oc(=O)c3c(OC)cccc3c2C)cc1OC. The first-order chi connectivity index (χ1) is 11.6. The number of hydrogen-bond donors (Lipinski definition) is 0. The highest BCUT2D eigenvalue weighted by Gasteiger charge is 2.16. The summed E-state index contributed by atoms with van der Waals surface area (Å²) in [5, 5.41) is 1.25. The quantitative estimate of drug-likeness (QED) is 0.730. The number of benzene rings is 2. The molecule has 1 aromatic heterocycles. The van der Waals surface area contributed by atoms with Gasteiger partial charge >= 0.3 is 5.63 Å². The van der Waals surface area contributed by atoms with Gasteiger partial charge in [-0.05, 0) is 36.6 Å². The molecule has 3 rings (SSSR count). The fourth-order valence-corrected chi connectivity index (χ4v) is 2.82. The van der Waals surface area contributed by atoms with Crippen LogP contribution in [0, 0.1) is 6.92 Å². The summed E-state index contributed by atoms with van der Waals surface area (Å²) in [5.74, 6) is 2.19. The van der Waals surface area contributed by atoms with E-state index in [2.05, 4.69) is 0 Å². The second kappa shape index (κ2) is 6.28. The second-order valence-electron chi connectivity index (χ2n) is 5.30. The van der Waals surface area contributed by atoms with Crippen LogP contribution in [-0.2, 0) is 0 Å². The van der Waals surface area contributed by atoms with E-state index in [0.717, 1.165) is 16.5 Å². The Morgan fingerprint density at radius 3 is 2.25 bits per heavy atom. The Morgan fingerprint density at radius 2 is 1.58 bits per heavy atom. The minimum absolute atomic E-state index is 0.433. The summed E-state index contributed by atoms with van der Waals surface area (Å²) in [6.07, 6.45) is 0. The van der Waals surface area contributed by atoms with Gasteiger partial charge in [0.2, 0.25) is 0 Å². The maximum Gasteiger partial charge on any atom is 0.347 e. The highest BCUT2D eigenvalue weighted by Crippen LogP contribution is 2.35. The largest absolute Gasteiger partial charge is 0.496 e. The van der Waals surface area contributed by atoms with Crippen LogP contribution in [0.1, 0.15) is 5.56 Å². The van der Waals surface area contributed by atoms with Gasteiger partial charge in [-0.25, -0.2) is 4.79 Å². The Bertz CT molecular complexity index is 956. The van der Waals surface area contributed by atoms with Crippen molar-refractivity contribution in [3.8, 4) is 28.6 Å². The summed E-state index contributed by atoms with van der Waals surface area (Å²) in [7, 11) is 4.67. The zero-order chi connectivity index (χ0) is 17.3. The molecule has 5 nitrogen and oxygen atoms in total. The molecule has 1 heterocycles. The highest BCUT2D eigenvalue weighted by molar-refractivity contribution is 5.92. The molecule has 0 aliphatic heterocycles. The van der Waals surface area contributed by atoms with Crippen molar-refractivity contribution in [3.63, 3.8) is 0 Å². The number of hydrogen-bond acceptors (Lipinski definition) is 5. The van der Waals surface area contributed by atoms with E-state index < -0.39 is 5.63 Å². The number of rotatable bonds is 4. The predicted octanol–water partition coefficient (Wildman–Crippen LogP) is 3.79. The normalized spacial score (nSPS) is 10.7. The van der Waals surface area contributed by atoms with Crippen LogP contribution in [0.15, 0.2) is 45.6 Å². The predicted molar refractivity (Wildman–Crippen MR) is 92.3 cm³/mol. The summed E-state index contributed by atoms with van der Waals surface area (Å²) in [6, 6.07) is 10.9. The van der Waals surface area contributed by atoms with Crippen molar-refractivity contribution in [2.24, 2.45) is 0 Å². The molecule has 0 amide bonds. The van der Waals surface area contributed by atoms with Gasteiger partial charge in [0.25, 0.3) is 0 Å². The molecule has 0 atom stereocenters. The van der Waals surface area contributed by atoms with Crippen molar-refractivity contribution in [1.29, 1.82) is 0 Å². The first-order valence-electron chi connectivity index (χ1n) is 7.43. The zero-order valence-corrected chi connectivity index (χ0v) is 14.0. The summed E-state index contributed by atoms with van der Waals surface area (Å²) in [4.78, 5) is 12.5. The molecule has 0 spiro atoms. The first kappa shape index (κ1) is 15.9. The van der Waals surface area contributed by atoms with Gasteiger partial charge in [-0.2, -0.15) is 0 Å². The number of ether oxygens (including phenoxy) is 3. The third-order valence-electron chi connectivity index (χ3n) is 4.04. The van der Waals surface area contributed by atoms with E-state index >= 15 is 0 Å². The molecule has 5 heteroatoms. The van der Waals surface area contributed by atoms with Gasteiger partial charge in [-0.1, -0.05) is 12.1 Å². The van der Waals surface area contributed by atoms with E-state index in [-0.39, 0.29) is 0 Å². The lowest BCUT2D eigenvalue weighted by Crippen LogP contribution is -2.05. The van der Waals surface area contributed by atoms with Gasteiger partial charge in [0.1, 0.15) is 16.9 Å². The standard InChI is InChI=1S/C19H18O5/c1-11-13-6-5-7-15(22-3)17(13)19(20)24-18(11)12-8-9-14(21-2)16(10-12)23-4/h5-10H,1-4H3. The molecule has 0 radical (unpaired) electrons. The molecule has 0 saturated carbocycles. The maximum absolute atomic E-state index is 12.5. The van der Waals surface area contributed by atoms with Crippen LogP contribution in [0.4, 0.5) is 0 Å². The molecule has 0 unspecified atom stereocenters. The molecule has 0 aliphatic carbocycles. The Balaban J connectivity index is 2.29. The van der Waals surface area contributed by atoms with E-state index in [1.54, 1.807) is 32.4 Å². The van der Waals surface area contributed by atoms with Crippen LogP contribution < -0.4 is 19.8 Å². The number of fused-ring (bicyclic) bond motifs is 1. The summed E-state index contributed by atoms with van der Waals surface area (Å²) >= 11 is 0. The molecular weight excluding hydrogens is 308 g/mol. The van der Waals surface area contributed by atoms with Gasteiger partial charge in [0, 0.05) is 11.1 Å². The minimum atomic E-state index is -0.433. The summed E-state index contributed by atoms with van der Waals surface area (Å²) in [6.45, 7) is 1.91. The van der Waals surface area contributed by atoms with E-state index in [9.17, 15) is 4.79 Å². The van der Waals surface area contributed by atoms with Crippen molar-refractivity contribution in [2.75, 3.05) is 21.3 Å². The average molecular weight is 326 g/mol. The van der Waals surface area contributed by atoms with Crippen LogP contribution in [-0.4, -0.2) is 21.3 Å². The monoisotopic (exact) mass is 326 g/mol. The lowest BCUT2D eigenvalue weighted by molar-refractivity contribution is 0.355. The molecule has 0 aliphatic rings. The molecule has 0 fully saturated rings. The van der Waals surface area contributed by atoms with Gasteiger partial charge < -0.3 is 18.6 Å². The van der Waals surface area contributed by atoms with Crippen molar-refractivity contribution in [2.45, 2.75) is 6.92 Å². The van der Waals surface area contributed by atoms with Gasteiger partial charge in [-0.3, -0.25) is 0 Å². The van der Waals surface area contributed by atoms with Crippen molar-refractivity contribution < 1.29 is 18.6 Å². The lowest BCUT2D eigenvalue weighted by Gasteiger charge is -2.12. The molecule has 0 N–H and O–H groups in total. The van der Waals surface area contributed by atoms with Gasteiger partial charge in [-0.15, -0.1) is 0 Å². The molecule has 2 aromatic carbocycles. The average Bonchev–Trinajstić information content (AvgIpc) is 2.63. The molecule has 3 aromatic rings. The van der Waals surface area contributed by atoms with Gasteiger partial charge in [0.05, 0.1) is 21.3 Å². The van der Waals surface area contributed by atoms with Crippen LogP contribution in [0.5, 0.6) is 17.2 Å². The fraction of sp³-hybridized carbons (Fsp3) is 0.211. The van der Waals surface area contributed by atoms with E-state index in [0.29, 0.717) is 28.4 Å². The summed E-state index contributed by atoms with van der Waals surface area (Å²) < 4.78 is 21.4. The smallest absolute Gasteiger partial charge is 0.347 e. The number of methoxy groups -OCH3 is 3. The van der Waals surface area contributed by atoms with E-state index in [1.807, 2.05) is 25.1 Å². The maximum atomic E-state index is 12.5. The van der Waals surface area contributed by atoms with E-state index in [1.165, 1.54) is 7.11 Å². The minimum Gasteiger partial charge on any atom is -0.496 e. The Kier molecular flexibility index (Phi) is 4.16. The third-order valence-corrected chi connectivity index (χ3v) is 4.04. The van der Waals surface area contributed by atoms with Crippen LogP contribution >= 0.6 is 0 Å². The van der Waals surface area contributed by atoms with Crippen LogP contribution in [0.25, 0.3) is 22.1 Å². The molecule has 0 saturated heterocycles. The molecular formula is C19H18O5. The molecule has 24 heavy (non-hydrogen) atoms. The topological polar surface area (TPSA) is 57.9 Å². The van der Waals surface area contributed by atoms with Crippen LogP contribution in [0.3, 0.4) is 0 Å². The molecule has 124 valence electrons. The second-order valence-corrected chi connectivity index (χ2v) is 5.30. The Labute approximate surface area is 139 Å². The fourth-order valence-electron chi connectivity index (χ4n) is 2.82. The first-order valence-corrected chi connectivity index (χ1v) is 7.43. The third kappa shape index (κ3) is 2.48. The zero-order valence-electron chi connectivity index (χ0n) is 14.0.